The van der Waals surface area contributed by atoms with Crippen molar-refractivity contribution >= 4 is 10.8 Å². The number of aromatic nitrogens is 3. The van der Waals surface area contributed by atoms with E-state index in [1.807, 2.05) is 30.6 Å². The zero-order chi connectivity index (χ0) is 33.0. The molecule has 0 spiro atoms. The van der Waals surface area contributed by atoms with Crippen molar-refractivity contribution in [1.82, 2.24) is 15.0 Å². The zero-order valence-electron chi connectivity index (χ0n) is 27.4. The van der Waals surface area contributed by atoms with E-state index in [-0.39, 0.29) is 5.41 Å². The van der Waals surface area contributed by atoms with Gasteiger partial charge in [-0.15, -0.1) is 0 Å². The number of rotatable bonds is 5. The van der Waals surface area contributed by atoms with Gasteiger partial charge in [0.2, 0.25) is 0 Å². The van der Waals surface area contributed by atoms with Gasteiger partial charge in [-0.3, -0.25) is 4.98 Å². The van der Waals surface area contributed by atoms with Crippen LogP contribution in [0.3, 0.4) is 0 Å². The average molecular weight is 628 g/mol. The molecule has 2 aromatic heterocycles. The van der Waals surface area contributed by atoms with Gasteiger partial charge in [0.1, 0.15) is 0 Å². The summed E-state index contributed by atoms with van der Waals surface area (Å²) in [5, 5.41) is 2.60. The molecule has 3 nitrogen and oxygen atoms in total. The Morgan fingerprint density at radius 1 is 0.429 bits per heavy atom. The fourth-order valence-electron chi connectivity index (χ4n) is 7.41. The number of hydrogen-bond acceptors (Lipinski definition) is 3. The molecule has 8 aromatic rings. The highest BCUT2D eigenvalue weighted by molar-refractivity contribution is 6.02. The summed E-state index contributed by atoms with van der Waals surface area (Å²) in [7, 11) is 0. The van der Waals surface area contributed by atoms with E-state index < -0.39 is 0 Å². The van der Waals surface area contributed by atoms with Gasteiger partial charge in [-0.1, -0.05) is 129 Å². The Morgan fingerprint density at radius 2 is 1.06 bits per heavy atom. The Kier molecular flexibility index (Phi) is 6.80. The summed E-state index contributed by atoms with van der Waals surface area (Å²) in [4.78, 5) is 14.5. The molecule has 0 fully saturated rings. The molecular weight excluding hydrogens is 595 g/mol. The second-order valence-electron chi connectivity index (χ2n) is 13.3. The summed E-state index contributed by atoms with van der Waals surface area (Å²) >= 11 is 0. The first-order valence-corrected chi connectivity index (χ1v) is 16.8. The van der Waals surface area contributed by atoms with Gasteiger partial charge in [0.25, 0.3) is 0 Å². The van der Waals surface area contributed by atoms with Crippen LogP contribution in [0.25, 0.3) is 78.1 Å². The molecule has 2 heterocycles. The SMILES string of the molecule is CC1(C)c2cc(-c3cccc(-c4cc(-c5ccncc5)nc(-c5cccc(-c6ccccc6)c5)n4)c3)ccc2-c2c1ccc1ccccc21. The molecule has 232 valence electrons. The summed E-state index contributed by atoms with van der Waals surface area (Å²) in [6.07, 6.45) is 3.62. The van der Waals surface area contributed by atoms with Gasteiger partial charge < -0.3 is 0 Å². The maximum atomic E-state index is 5.18. The minimum Gasteiger partial charge on any atom is -0.265 e. The van der Waals surface area contributed by atoms with E-state index in [0.29, 0.717) is 5.82 Å². The van der Waals surface area contributed by atoms with Gasteiger partial charge in [0.05, 0.1) is 11.4 Å². The molecule has 1 aliphatic carbocycles. The fourth-order valence-corrected chi connectivity index (χ4v) is 7.41. The van der Waals surface area contributed by atoms with Gasteiger partial charge in [0, 0.05) is 34.5 Å². The average Bonchev–Trinajstić information content (AvgIpc) is 3.41. The Hall–Kier alpha value is -6.19. The molecule has 3 heteroatoms. The van der Waals surface area contributed by atoms with Crippen LogP contribution in [0.2, 0.25) is 0 Å². The number of fused-ring (bicyclic) bond motifs is 5. The summed E-state index contributed by atoms with van der Waals surface area (Å²) in [6.45, 7) is 4.70. The number of nitrogens with zero attached hydrogens (tertiary/aromatic N) is 3. The maximum absolute atomic E-state index is 5.18. The lowest BCUT2D eigenvalue weighted by molar-refractivity contribution is 0.661. The minimum atomic E-state index is -0.0996. The lowest BCUT2D eigenvalue weighted by atomic mass is 9.81. The highest BCUT2D eigenvalue weighted by Crippen LogP contribution is 2.52. The highest BCUT2D eigenvalue weighted by atomic mass is 14.9. The summed E-state index contributed by atoms with van der Waals surface area (Å²) in [5.74, 6) is 0.691. The van der Waals surface area contributed by atoms with Crippen molar-refractivity contribution in [2.24, 2.45) is 0 Å². The lowest BCUT2D eigenvalue weighted by Crippen LogP contribution is -2.15. The zero-order valence-corrected chi connectivity index (χ0v) is 27.4. The molecule has 0 atom stereocenters. The number of pyridine rings is 1. The molecule has 6 aromatic carbocycles. The number of hydrogen-bond donors (Lipinski definition) is 0. The standard InChI is InChI=1S/C46H33N3/c1-46(2)40-21-19-31-12-6-7-17-38(31)44(40)39-20-18-35(28-41(39)46)34-14-8-15-36(26-34)43-29-42(32-22-24-47-25-23-32)48-45(49-43)37-16-9-13-33(27-37)30-10-4-3-5-11-30/h3-29H,1-2H3. The topological polar surface area (TPSA) is 38.7 Å². The van der Waals surface area contributed by atoms with Gasteiger partial charge >= 0.3 is 0 Å². The molecule has 0 N–H and O–H groups in total. The van der Waals surface area contributed by atoms with Gasteiger partial charge in [-0.2, -0.15) is 0 Å². The van der Waals surface area contributed by atoms with Crippen molar-refractivity contribution in [1.29, 1.82) is 0 Å². The van der Waals surface area contributed by atoms with Crippen LogP contribution >= 0.6 is 0 Å². The molecule has 0 bridgehead atoms. The molecule has 0 radical (unpaired) electrons. The van der Waals surface area contributed by atoms with E-state index in [1.165, 1.54) is 38.6 Å². The predicted octanol–water partition coefficient (Wildman–Crippen LogP) is 11.7. The van der Waals surface area contributed by atoms with Crippen LogP contribution < -0.4 is 0 Å². The van der Waals surface area contributed by atoms with Gasteiger partial charge in [-0.25, -0.2) is 9.97 Å². The number of benzene rings is 6. The second kappa shape index (κ2) is 11.5. The molecule has 0 saturated carbocycles. The van der Waals surface area contributed by atoms with Gasteiger partial charge in [0.15, 0.2) is 5.82 Å². The van der Waals surface area contributed by atoms with Crippen LogP contribution in [0.1, 0.15) is 25.0 Å². The third-order valence-electron chi connectivity index (χ3n) is 9.99. The van der Waals surface area contributed by atoms with Crippen molar-refractivity contribution in [3.8, 4) is 67.3 Å². The van der Waals surface area contributed by atoms with Crippen LogP contribution in [-0.2, 0) is 5.41 Å². The van der Waals surface area contributed by atoms with E-state index in [1.54, 1.807) is 0 Å². The first-order valence-electron chi connectivity index (χ1n) is 16.8. The molecule has 0 unspecified atom stereocenters. The van der Waals surface area contributed by atoms with Crippen molar-refractivity contribution in [2.45, 2.75) is 19.3 Å². The van der Waals surface area contributed by atoms with Crippen LogP contribution in [-0.4, -0.2) is 15.0 Å². The van der Waals surface area contributed by atoms with E-state index in [2.05, 4.69) is 152 Å². The van der Waals surface area contributed by atoms with Crippen LogP contribution in [0.15, 0.2) is 164 Å². The Labute approximate surface area is 286 Å². The third kappa shape index (κ3) is 5.03. The predicted molar refractivity (Wildman–Crippen MR) is 202 cm³/mol. The first kappa shape index (κ1) is 29.0. The highest BCUT2D eigenvalue weighted by Gasteiger charge is 2.36. The summed E-state index contributed by atoms with van der Waals surface area (Å²) < 4.78 is 0. The van der Waals surface area contributed by atoms with E-state index in [0.717, 1.165) is 44.8 Å². The lowest BCUT2D eigenvalue weighted by Gasteiger charge is -2.22. The van der Waals surface area contributed by atoms with Crippen molar-refractivity contribution in [2.75, 3.05) is 0 Å². The molecule has 0 saturated heterocycles. The molecule has 0 aliphatic heterocycles. The monoisotopic (exact) mass is 627 g/mol. The Bertz CT molecular complexity index is 2520. The van der Waals surface area contributed by atoms with Crippen molar-refractivity contribution < 1.29 is 0 Å². The molecule has 49 heavy (non-hydrogen) atoms. The normalized spacial score (nSPS) is 12.9. The van der Waals surface area contributed by atoms with Gasteiger partial charge in [-0.05, 0) is 91.7 Å². The fraction of sp³-hybridized carbons (Fsp3) is 0.0652. The quantitative estimate of drug-likeness (QED) is 0.191. The second-order valence-corrected chi connectivity index (χ2v) is 13.3. The van der Waals surface area contributed by atoms with E-state index in [4.69, 9.17) is 9.97 Å². The van der Waals surface area contributed by atoms with Crippen LogP contribution in [0.5, 0.6) is 0 Å². The van der Waals surface area contributed by atoms with Crippen LogP contribution in [0.4, 0.5) is 0 Å². The first-order chi connectivity index (χ1) is 24.0. The van der Waals surface area contributed by atoms with Crippen LogP contribution in [0, 0.1) is 0 Å². The maximum Gasteiger partial charge on any atom is 0.160 e. The molecule has 1 aliphatic rings. The molecular formula is C46H33N3. The van der Waals surface area contributed by atoms with Crippen molar-refractivity contribution in [3.63, 3.8) is 0 Å². The molecule has 0 amide bonds. The van der Waals surface area contributed by atoms with E-state index in [9.17, 15) is 0 Å². The third-order valence-corrected chi connectivity index (χ3v) is 9.99. The van der Waals surface area contributed by atoms with Crippen molar-refractivity contribution in [3.05, 3.63) is 175 Å². The van der Waals surface area contributed by atoms with E-state index >= 15 is 0 Å². The smallest absolute Gasteiger partial charge is 0.160 e. The summed E-state index contributed by atoms with van der Waals surface area (Å²) in [6, 6.07) is 54.0. The minimum absolute atomic E-state index is 0.0996. The largest absolute Gasteiger partial charge is 0.265 e. The Morgan fingerprint density at radius 3 is 1.88 bits per heavy atom. The molecule has 9 rings (SSSR count). The Balaban J connectivity index is 1.15. The summed E-state index contributed by atoms with van der Waals surface area (Å²) in [5.41, 5.74) is 14.8.